The number of carbonyl (C=O) groups is 1. The minimum Gasteiger partial charge on any atom is -0.497 e. The molecule has 0 radical (unpaired) electrons. The molecule has 2 amide bonds. The molecule has 0 heterocycles. The van der Waals surface area contributed by atoms with Crippen molar-refractivity contribution >= 4 is 17.6 Å². The molecule has 7 heteroatoms. The summed E-state index contributed by atoms with van der Waals surface area (Å²) in [5.41, 5.74) is 0.701. The van der Waals surface area contributed by atoms with Crippen LogP contribution in [-0.4, -0.2) is 37.9 Å². The van der Waals surface area contributed by atoms with Gasteiger partial charge in [0.1, 0.15) is 18.1 Å². The average molecular weight is 365 g/mol. The minimum absolute atomic E-state index is 0.107. The molecule has 2 aromatic rings. The Bertz CT molecular complexity index is 662. The van der Waals surface area contributed by atoms with E-state index < -0.39 is 6.10 Å². The maximum absolute atomic E-state index is 11.7. The highest BCUT2D eigenvalue weighted by atomic mass is 35.5. The van der Waals surface area contributed by atoms with Crippen molar-refractivity contribution in [2.24, 2.45) is 0 Å². The van der Waals surface area contributed by atoms with Gasteiger partial charge in [-0.15, -0.1) is 0 Å². The number of benzene rings is 2. The molecular weight excluding hydrogens is 344 g/mol. The van der Waals surface area contributed by atoms with Crippen LogP contribution in [0.15, 0.2) is 48.5 Å². The van der Waals surface area contributed by atoms with Gasteiger partial charge in [-0.25, -0.2) is 4.79 Å². The van der Waals surface area contributed by atoms with Crippen molar-refractivity contribution in [3.63, 3.8) is 0 Å². The van der Waals surface area contributed by atoms with E-state index in [2.05, 4.69) is 10.6 Å². The fourth-order valence-electron chi connectivity index (χ4n) is 2.06. The zero-order valence-electron chi connectivity index (χ0n) is 13.9. The summed E-state index contributed by atoms with van der Waals surface area (Å²) < 4.78 is 10.5. The lowest BCUT2D eigenvalue weighted by atomic mass is 10.1. The SMILES string of the molecule is COc1ccc(C(O)CNC(=O)NCCOc2ccc(Cl)cc2)cc1. The van der Waals surface area contributed by atoms with Gasteiger partial charge in [0, 0.05) is 11.6 Å². The van der Waals surface area contributed by atoms with Gasteiger partial charge in [-0.2, -0.15) is 0 Å². The van der Waals surface area contributed by atoms with Crippen LogP contribution in [0.3, 0.4) is 0 Å². The standard InChI is InChI=1S/C18H21ClN2O4/c1-24-15-6-2-13(3-7-15)17(22)12-21-18(23)20-10-11-25-16-8-4-14(19)5-9-16/h2-9,17,22H,10-12H2,1H3,(H2,20,21,23). The molecule has 0 aliphatic rings. The maximum Gasteiger partial charge on any atom is 0.315 e. The number of rotatable bonds is 8. The Hall–Kier alpha value is -2.44. The number of hydrogen-bond acceptors (Lipinski definition) is 4. The highest BCUT2D eigenvalue weighted by Crippen LogP contribution is 2.17. The molecule has 0 saturated carbocycles. The second-order valence-electron chi connectivity index (χ2n) is 5.23. The first kappa shape index (κ1) is 18.9. The molecule has 2 aromatic carbocycles. The Morgan fingerprint density at radius 2 is 1.72 bits per heavy atom. The monoisotopic (exact) mass is 364 g/mol. The first-order chi connectivity index (χ1) is 12.1. The highest BCUT2D eigenvalue weighted by molar-refractivity contribution is 6.30. The number of amides is 2. The molecular formula is C18H21ClN2O4. The van der Waals surface area contributed by atoms with Crippen LogP contribution in [0, 0.1) is 0 Å². The molecule has 0 aliphatic heterocycles. The lowest BCUT2D eigenvalue weighted by Gasteiger charge is -2.13. The fraction of sp³-hybridized carbons (Fsp3) is 0.278. The van der Waals surface area contributed by atoms with Crippen LogP contribution in [0.1, 0.15) is 11.7 Å². The van der Waals surface area contributed by atoms with Crippen molar-refractivity contribution in [2.75, 3.05) is 26.8 Å². The molecule has 1 unspecified atom stereocenters. The largest absolute Gasteiger partial charge is 0.497 e. The van der Waals surface area contributed by atoms with Crippen molar-refractivity contribution in [3.05, 3.63) is 59.1 Å². The Balaban J connectivity index is 1.63. The Kier molecular flexibility index (Phi) is 7.37. The van der Waals surface area contributed by atoms with E-state index in [0.717, 1.165) is 0 Å². The third kappa shape index (κ3) is 6.52. The summed E-state index contributed by atoms with van der Waals surface area (Å²) in [6.45, 7) is 0.777. The number of carbonyl (C=O) groups excluding carboxylic acids is 1. The van der Waals surface area contributed by atoms with Crippen molar-refractivity contribution in [2.45, 2.75) is 6.10 Å². The van der Waals surface area contributed by atoms with Gasteiger partial charge in [-0.3, -0.25) is 0 Å². The van der Waals surface area contributed by atoms with Crippen LogP contribution in [0.25, 0.3) is 0 Å². The van der Waals surface area contributed by atoms with Crippen LogP contribution in [0.4, 0.5) is 4.79 Å². The van der Waals surface area contributed by atoms with E-state index in [1.54, 1.807) is 55.6 Å². The van der Waals surface area contributed by atoms with E-state index in [9.17, 15) is 9.90 Å². The van der Waals surface area contributed by atoms with Gasteiger partial charge in [0.05, 0.1) is 19.8 Å². The van der Waals surface area contributed by atoms with Crippen LogP contribution < -0.4 is 20.1 Å². The quantitative estimate of drug-likeness (QED) is 0.629. The van der Waals surface area contributed by atoms with Crippen LogP contribution in [-0.2, 0) is 0 Å². The van der Waals surface area contributed by atoms with E-state index in [1.165, 1.54) is 0 Å². The first-order valence-electron chi connectivity index (χ1n) is 7.80. The van der Waals surface area contributed by atoms with Crippen LogP contribution >= 0.6 is 11.6 Å². The number of methoxy groups -OCH3 is 1. The normalized spacial score (nSPS) is 11.5. The van der Waals surface area contributed by atoms with Crippen molar-refractivity contribution in [1.82, 2.24) is 10.6 Å². The predicted octanol–water partition coefficient (Wildman–Crippen LogP) is 2.76. The second kappa shape index (κ2) is 9.76. The van der Waals surface area contributed by atoms with Gasteiger partial charge < -0.3 is 25.2 Å². The molecule has 0 saturated heterocycles. The van der Waals surface area contributed by atoms with Crippen molar-refractivity contribution < 1.29 is 19.4 Å². The number of hydrogen-bond donors (Lipinski definition) is 3. The highest BCUT2D eigenvalue weighted by Gasteiger charge is 2.09. The first-order valence-corrected chi connectivity index (χ1v) is 8.18. The lowest BCUT2D eigenvalue weighted by Crippen LogP contribution is -2.39. The van der Waals surface area contributed by atoms with Gasteiger partial charge in [-0.1, -0.05) is 23.7 Å². The summed E-state index contributed by atoms with van der Waals surface area (Å²) in [7, 11) is 1.58. The predicted molar refractivity (Wildman–Crippen MR) is 96.3 cm³/mol. The van der Waals surface area contributed by atoms with E-state index in [4.69, 9.17) is 21.1 Å². The topological polar surface area (TPSA) is 79.8 Å². The van der Waals surface area contributed by atoms with Crippen LogP contribution in [0.2, 0.25) is 5.02 Å². The molecule has 3 N–H and O–H groups in total. The number of ether oxygens (including phenoxy) is 2. The van der Waals surface area contributed by atoms with Crippen molar-refractivity contribution in [1.29, 1.82) is 0 Å². The summed E-state index contributed by atoms with van der Waals surface area (Å²) in [5, 5.41) is 16.0. The van der Waals surface area contributed by atoms with Crippen LogP contribution in [0.5, 0.6) is 11.5 Å². The molecule has 25 heavy (non-hydrogen) atoms. The number of nitrogens with one attached hydrogen (secondary N) is 2. The summed E-state index contributed by atoms with van der Waals surface area (Å²) >= 11 is 5.79. The summed E-state index contributed by atoms with van der Waals surface area (Å²) in [6, 6.07) is 13.6. The molecule has 0 bridgehead atoms. The van der Waals surface area contributed by atoms with E-state index in [1.807, 2.05) is 0 Å². The van der Waals surface area contributed by atoms with Gasteiger partial charge in [0.25, 0.3) is 0 Å². The lowest BCUT2D eigenvalue weighted by molar-refractivity contribution is 0.172. The zero-order valence-corrected chi connectivity index (χ0v) is 14.6. The Morgan fingerprint density at radius 1 is 1.08 bits per heavy atom. The zero-order chi connectivity index (χ0) is 18.1. The second-order valence-corrected chi connectivity index (χ2v) is 5.66. The Labute approximate surface area is 151 Å². The third-order valence-electron chi connectivity index (χ3n) is 3.43. The van der Waals surface area contributed by atoms with Gasteiger partial charge >= 0.3 is 6.03 Å². The molecule has 0 aliphatic carbocycles. The summed E-state index contributed by atoms with van der Waals surface area (Å²) in [6.07, 6.45) is -0.790. The molecule has 0 spiro atoms. The molecule has 0 fully saturated rings. The van der Waals surface area contributed by atoms with Gasteiger partial charge in [-0.05, 0) is 42.0 Å². The van der Waals surface area contributed by atoms with E-state index >= 15 is 0 Å². The summed E-state index contributed by atoms with van der Waals surface area (Å²) in [4.78, 5) is 11.7. The fourth-order valence-corrected chi connectivity index (χ4v) is 2.19. The number of aliphatic hydroxyl groups is 1. The molecule has 0 aromatic heterocycles. The maximum atomic E-state index is 11.7. The van der Waals surface area contributed by atoms with E-state index in [-0.39, 0.29) is 12.6 Å². The van der Waals surface area contributed by atoms with Gasteiger partial charge in [0.2, 0.25) is 0 Å². The van der Waals surface area contributed by atoms with E-state index in [0.29, 0.717) is 35.2 Å². The van der Waals surface area contributed by atoms with Crippen molar-refractivity contribution in [3.8, 4) is 11.5 Å². The molecule has 1 atom stereocenters. The number of aliphatic hydroxyl groups excluding tert-OH is 1. The molecule has 2 rings (SSSR count). The molecule has 6 nitrogen and oxygen atoms in total. The third-order valence-corrected chi connectivity index (χ3v) is 3.68. The minimum atomic E-state index is -0.790. The number of halogens is 1. The number of urea groups is 1. The van der Waals surface area contributed by atoms with Gasteiger partial charge in [0.15, 0.2) is 0 Å². The summed E-state index contributed by atoms with van der Waals surface area (Å²) in [5.74, 6) is 1.39. The Morgan fingerprint density at radius 3 is 2.36 bits per heavy atom. The average Bonchev–Trinajstić information content (AvgIpc) is 2.64. The smallest absolute Gasteiger partial charge is 0.315 e. The molecule has 134 valence electrons.